The molecule has 0 aliphatic rings. The zero-order valence-electron chi connectivity index (χ0n) is 12.7. The first-order valence-corrected chi connectivity index (χ1v) is 7.05. The van der Waals surface area contributed by atoms with E-state index in [-0.39, 0.29) is 12.0 Å². The van der Waals surface area contributed by atoms with E-state index in [1.165, 1.54) is 0 Å². The molecular formula is C14H31NO4. The van der Waals surface area contributed by atoms with E-state index in [0.717, 1.165) is 12.8 Å². The highest BCUT2D eigenvalue weighted by atomic mass is 16.5. The van der Waals surface area contributed by atoms with Crippen molar-refractivity contribution in [1.82, 2.24) is 0 Å². The Balaban J connectivity index is 3.70. The Kier molecular flexibility index (Phi) is 11.5. The third-order valence-corrected chi connectivity index (χ3v) is 3.19. The fraction of sp³-hybridized carbons (Fsp3) is 1.00. The molecule has 1 unspecified atom stereocenters. The second-order valence-corrected chi connectivity index (χ2v) is 5.43. The summed E-state index contributed by atoms with van der Waals surface area (Å²) >= 11 is 0. The molecule has 116 valence electrons. The zero-order chi connectivity index (χ0) is 14.6. The molecule has 5 heteroatoms. The van der Waals surface area contributed by atoms with E-state index in [4.69, 9.17) is 19.9 Å². The van der Waals surface area contributed by atoms with Gasteiger partial charge in [0.15, 0.2) is 0 Å². The molecule has 0 amide bonds. The van der Waals surface area contributed by atoms with Crippen LogP contribution in [0.25, 0.3) is 0 Å². The second kappa shape index (κ2) is 11.6. The van der Waals surface area contributed by atoms with Crippen molar-refractivity contribution in [3.8, 4) is 0 Å². The molecule has 0 bridgehead atoms. The molecule has 0 saturated heterocycles. The minimum atomic E-state index is -0.203. The van der Waals surface area contributed by atoms with Crippen molar-refractivity contribution >= 4 is 0 Å². The van der Waals surface area contributed by atoms with Gasteiger partial charge in [-0.05, 0) is 18.8 Å². The predicted octanol–water partition coefficient (Wildman–Crippen LogP) is 1.04. The average Bonchev–Trinajstić information content (AvgIpc) is 2.40. The van der Waals surface area contributed by atoms with Crippen molar-refractivity contribution < 1.29 is 19.3 Å². The molecule has 5 nitrogen and oxygen atoms in total. The van der Waals surface area contributed by atoms with Crippen LogP contribution in [0.1, 0.15) is 26.7 Å². The standard InChI is InChI=1S/C14H31NO4/c1-13(2)10-14(11-15,12-16)4-5-18-8-9-19-7-6-17-3/h13,16H,4-12,15H2,1-3H3. The Morgan fingerprint density at radius 1 is 1.05 bits per heavy atom. The fourth-order valence-corrected chi connectivity index (χ4v) is 2.11. The van der Waals surface area contributed by atoms with Crippen molar-refractivity contribution in [2.45, 2.75) is 26.7 Å². The summed E-state index contributed by atoms with van der Waals surface area (Å²) in [5.41, 5.74) is 5.60. The summed E-state index contributed by atoms with van der Waals surface area (Å²) in [6.45, 7) is 7.85. The molecule has 0 aromatic carbocycles. The van der Waals surface area contributed by atoms with Gasteiger partial charge in [0.05, 0.1) is 26.4 Å². The lowest BCUT2D eigenvalue weighted by Crippen LogP contribution is -2.37. The maximum absolute atomic E-state index is 9.55. The number of methoxy groups -OCH3 is 1. The summed E-state index contributed by atoms with van der Waals surface area (Å²) in [4.78, 5) is 0. The first-order valence-electron chi connectivity index (χ1n) is 7.05. The summed E-state index contributed by atoms with van der Waals surface area (Å²) in [5, 5.41) is 9.55. The van der Waals surface area contributed by atoms with Crippen LogP contribution in [0.5, 0.6) is 0 Å². The number of hydrogen-bond acceptors (Lipinski definition) is 5. The van der Waals surface area contributed by atoms with Crippen molar-refractivity contribution in [2.75, 3.05) is 53.3 Å². The molecule has 0 radical (unpaired) electrons. The number of rotatable bonds is 13. The van der Waals surface area contributed by atoms with E-state index >= 15 is 0 Å². The number of nitrogens with two attached hydrogens (primary N) is 1. The van der Waals surface area contributed by atoms with Crippen LogP contribution >= 0.6 is 0 Å². The molecule has 0 aliphatic carbocycles. The van der Waals surface area contributed by atoms with Crippen LogP contribution in [-0.2, 0) is 14.2 Å². The lowest BCUT2D eigenvalue weighted by atomic mass is 9.78. The third kappa shape index (κ3) is 9.35. The highest BCUT2D eigenvalue weighted by Crippen LogP contribution is 2.28. The monoisotopic (exact) mass is 277 g/mol. The first kappa shape index (κ1) is 18.8. The van der Waals surface area contributed by atoms with Gasteiger partial charge in [-0.3, -0.25) is 0 Å². The van der Waals surface area contributed by atoms with Gasteiger partial charge in [0, 0.05) is 32.3 Å². The Bertz CT molecular complexity index is 196. The van der Waals surface area contributed by atoms with Crippen molar-refractivity contribution in [1.29, 1.82) is 0 Å². The van der Waals surface area contributed by atoms with Crippen LogP contribution in [0.15, 0.2) is 0 Å². The van der Waals surface area contributed by atoms with Gasteiger partial charge in [0.25, 0.3) is 0 Å². The molecule has 0 fully saturated rings. The molecule has 0 aliphatic heterocycles. The lowest BCUT2D eigenvalue weighted by Gasteiger charge is -2.32. The highest BCUT2D eigenvalue weighted by Gasteiger charge is 2.28. The first-order chi connectivity index (χ1) is 9.10. The Hall–Kier alpha value is -0.200. The molecule has 1 atom stereocenters. The Morgan fingerprint density at radius 2 is 1.63 bits per heavy atom. The van der Waals surface area contributed by atoms with E-state index in [9.17, 15) is 5.11 Å². The number of hydrogen-bond donors (Lipinski definition) is 2. The molecule has 0 aromatic heterocycles. The van der Waals surface area contributed by atoms with E-state index in [0.29, 0.717) is 45.5 Å². The molecule has 3 N–H and O–H groups in total. The average molecular weight is 277 g/mol. The van der Waals surface area contributed by atoms with Crippen LogP contribution in [-0.4, -0.2) is 58.4 Å². The quantitative estimate of drug-likeness (QED) is 0.492. The minimum Gasteiger partial charge on any atom is -0.396 e. The summed E-state index contributed by atoms with van der Waals surface area (Å²) in [6.07, 6.45) is 1.71. The van der Waals surface area contributed by atoms with Crippen molar-refractivity contribution in [3.63, 3.8) is 0 Å². The maximum Gasteiger partial charge on any atom is 0.0701 e. The zero-order valence-corrected chi connectivity index (χ0v) is 12.7. The van der Waals surface area contributed by atoms with Crippen LogP contribution < -0.4 is 5.73 Å². The third-order valence-electron chi connectivity index (χ3n) is 3.19. The summed E-state index contributed by atoms with van der Waals surface area (Å²) in [6, 6.07) is 0. The number of aliphatic hydroxyl groups is 1. The number of ether oxygens (including phenoxy) is 3. The van der Waals surface area contributed by atoms with E-state index in [2.05, 4.69) is 13.8 Å². The summed E-state index contributed by atoms with van der Waals surface area (Å²) in [7, 11) is 1.65. The van der Waals surface area contributed by atoms with Gasteiger partial charge >= 0.3 is 0 Å². The normalized spacial score (nSPS) is 14.8. The van der Waals surface area contributed by atoms with E-state index in [1.807, 2.05) is 0 Å². The molecular weight excluding hydrogens is 246 g/mol. The predicted molar refractivity (Wildman–Crippen MR) is 76.2 cm³/mol. The molecule has 0 saturated carbocycles. The molecule has 0 rings (SSSR count). The topological polar surface area (TPSA) is 73.9 Å². The largest absolute Gasteiger partial charge is 0.396 e. The Labute approximate surface area is 117 Å². The van der Waals surface area contributed by atoms with Crippen LogP contribution in [0, 0.1) is 11.3 Å². The number of aliphatic hydroxyl groups excluding tert-OH is 1. The van der Waals surface area contributed by atoms with Gasteiger partial charge in [0.2, 0.25) is 0 Å². The fourth-order valence-electron chi connectivity index (χ4n) is 2.11. The molecule has 0 spiro atoms. The van der Waals surface area contributed by atoms with E-state index in [1.54, 1.807) is 7.11 Å². The van der Waals surface area contributed by atoms with Gasteiger partial charge in [-0.15, -0.1) is 0 Å². The van der Waals surface area contributed by atoms with Crippen LogP contribution in [0.3, 0.4) is 0 Å². The van der Waals surface area contributed by atoms with Gasteiger partial charge in [0.1, 0.15) is 0 Å². The van der Waals surface area contributed by atoms with Gasteiger partial charge < -0.3 is 25.1 Å². The van der Waals surface area contributed by atoms with Crippen molar-refractivity contribution in [2.24, 2.45) is 17.1 Å². The van der Waals surface area contributed by atoms with Gasteiger partial charge in [-0.1, -0.05) is 13.8 Å². The highest BCUT2D eigenvalue weighted by molar-refractivity contribution is 4.80. The van der Waals surface area contributed by atoms with Gasteiger partial charge in [-0.2, -0.15) is 0 Å². The van der Waals surface area contributed by atoms with Crippen molar-refractivity contribution in [3.05, 3.63) is 0 Å². The van der Waals surface area contributed by atoms with Gasteiger partial charge in [-0.25, -0.2) is 0 Å². The Morgan fingerprint density at radius 3 is 2.11 bits per heavy atom. The second-order valence-electron chi connectivity index (χ2n) is 5.43. The van der Waals surface area contributed by atoms with Crippen LogP contribution in [0.2, 0.25) is 0 Å². The smallest absolute Gasteiger partial charge is 0.0701 e. The molecule has 0 heterocycles. The summed E-state index contributed by atoms with van der Waals surface area (Å²) < 4.78 is 15.7. The maximum atomic E-state index is 9.55. The molecule has 19 heavy (non-hydrogen) atoms. The van der Waals surface area contributed by atoms with E-state index < -0.39 is 0 Å². The summed E-state index contributed by atoms with van der Waals surface area (Å²) in [5.74, 6) is 0.521. The SMILES string of the molecule is COCCOCCOCCC(CN)(CO)CC(C)C. The minimum absolute atomic E-state index is 0.120. The molecule has 0 aromatic rings. The van der Waals surface area contributed by atoms with Crippen LogP contribution in [0.4, 0.5) is 0 Å². The lowest BCUT2D eigenvalue weighted by molar-refractivity contribution is 0.00714.